The molecule has 2 aromatic carbocycles. The van der Waals surface area contributed by atoms with Gasteiger partial charge < -0.3 is 20.1 Å². The standard InChI is InChI=1S/C22H28N2O4S/c1-15-6-5-7-17(12-15)21(25)24-18(10-11-29-4)22(26)23-14-16-8-9-19(27-2)20(13-16)28-3/h5-9,12-13,18H,10-11,14H2,1-4H3,(H,23,26)(H,24,25). The van der Waals surface area contributed by atoms with Gasteiger partial charge in [0, 0.05) is 12.1 Å². The Hall–Kier alpha value is -2.67. The highest BCUT2D eigenvalue weighted by Crippen LogP contribution is 2.27. The molecule has 6 nitrogen and oxygen atoms in total. The van der Waals surface area contributed by atoms with Gasteiger partial charge in [0.1, 0.15) is 6.04 Å². The molecule has 0 bridgehead atoms. The van der Waals surface area contributed by atoms with Crippen LogP contribution < -0.4 is 20.1 Å². The third-order valence-electron chi connectivity index (χ3n) is 4.43. The number of methoxy groups -OCH3 is 2. The fraction of sp³-hybridized carbons (Fsp3) is 0.364. The molecule has 0 aliphatic rings. The number of thioether (sulfide) groups is 1. The van der Waals surface area contributed by atoms with E-state index in [2.05, 4.69) is 10.6 Å². The van der Waals surface area contributed by atoms with E-state index in [0.29, 0.717) is 30.0 Å². The third kappa shape index (κ3) is 6.71. The van der Waals surface area contributed by atoms with Crippen LogP contribution in [0.2, 0.25) is 0 Å². The van der Waals surface area contributed by atoms with Crippen LogP contribution in [0.15, 0.2) is 42.5 Å². The predicted molar refractivity (Wildman–Crippen MR) is 117 cm³/mol. The Kier molecular flexibility index (Phi) is 8.86. The first-order valence-electron chi connectivity index (χ1n) is 9.33. The molecule has 0 fully saturated rings. The van der Waals surface area contributed by atoms with Gasteiger partial charge in [0.05, 0.1) is 14.2 Å². The molecular weight excluding hydrogens is 388 g/mol. The summed E-state index contributed by atoms with van der Waals surface area (Å²) in [4.78, 5) is 25.3. The van der Waals surface area contributed by atoms with Crippen molar-refractivity contribution in [2.24, 2.45) is 0 Å². The van der Waals surface area contributed by atoms with Crippen LogP contribution in [0, 0.1) is 6.92 Å². The molecule has 156 valence electrons. The van der Waals surface area contributed by atoms with Gasteiger partial charge in [-0.15, -0.1) is 0 Å². The lowest BCUT2D eigenvalue weighted by Crippen LogP contribution is -2.46. The Balaban J connectivity index is 2.03. The Morgan fingerprint density at radius 3 is 2.48 bits per heavy atom. The molecule has 0 saturated heterocycles. The second-order valence-corrected chi connectivity index (χ2v) is 7.57. The van der Waals surface area contributed by atoms with Crippen LogP contribution in [0.1, 0.15) is 27.9 Å². The predicted octanol–water partition coefficient (Wildman–Crippen LogP) is 3.18. The zero-order valence-corrected chi connectivity index (χ0v) is 18.1. The van der Waals surface area contributed by atoms with Gasteiger partial charge in [0.2, 0.25) is 5.91 Å². The molecule has 2 N–H and O–H groups in total. The molecule has 2 amide bonds. The lowest BCUT2D eigenvalue weighted by molar-refractivity contribution is -0.123. The normalized spacial score (nSPS) is 11.4. The Morgan fingerprint density at radius 1 is 1.07 bits per heavy atom. The van der Waals surface area contributed by atoms with E-state index >= 15 is 0 Å². The second kappa shape index (κ2) is 11.4. The van der Waals surface area contributed by atoms with Crippen molar-refractivity contribution in [3.8, 4) is 11.5 Å². The number of nitrogens with one attached hydrogen (secondary N) is 2. The van der Waals surface area contributed by atoms with E-state index in [9.17, 15) is 9.59 Å². The van der Waals surface area contributed by atoms with Crippen molar-refractivity contribution in [2.45, 2.75) is 25.9 Å². The Bertz CT molecular complexity index is 841. The maximum absolute atomic E-state index is 12.7. The monoisotopic (exact) mass is 416 g/mol. The van der Waals surface area contributed by atoms with E-state index in [1.807, 2.05) is 43.5 Å². The van der Waals surface area contributed by atoms with Crippen molar-refractivity contribution >= 4 is 23.6 Å². The van der Waals surface area contributed by atoms with Crippen molar-refractivity contribution in [1.29, 1.82) is 0 Å². The SMILES string of the molecule is COc1ccc(CNC(=O)C(CCSC)NC(=O)c2cccc(C)c2)cc1OC. The van der Waals surface area contributed by atoms with Crippen LogP contribution in [-0.4, -0.2) is 44.1 Å². The average Bonchev–Trinajstić information content (AvgIpc) is 2.74. The fourth-order valence-corrected chi connectivity index (χ4v) is 3.31. The molecule has 0 radical (unpaired) electrons. The van der Waals surface area contributed by atoms with Crippen molar-refractivity contribution in [2.75, 3.05) is 26.2 Å². The first kappa shape index (κ1) is 22.6. The molecule has 0 aliphatic carbocycles. The smallest absolute Gasteiger partial charge is 0.251 e. The molecule has 7 heteroatoms. The first-order chi connectivity index (χ1) is 14.0. The lowest BCUT2D eigenvalue weighted by Gasteiger charge is -2.19. The Morgan fingerprint density at radius 2 is 1.83 bits per heavy atom. The largest absolute Gasteiger partial charge is 0.493 e. The zero-order valence-electron chi connectivity index (χ0n) is 17.3. The minimum Gasteiger partial charge on any atom is -0.493 e. The lowest BCUT2D eigenvalue weighted by atomic mass is 10.1. The highest BCUT2D eigenvalue weighted by Gasteiger charge is 2.21. The summed E-state index contributed by atoms with van der Waals surface area (Å²) in [6.07, 6.45) is 2.53. The van der Waals surface area contributed by atoms with E-state index in [4.69, 9.17) is 9.47 Å². The summed E-state index contributed by atoms with van der Waals surface area (Å²) < 4.78 is 10.5. The number of hydrogen-bond donors (Lipinski definition) is 2. The molecule has 0 saturated carbocycles. The number of rotatable bonds is 10. The van der Waals surface area contributed by atoms with E-state index in [0.717, 1.165) is 16.9 Å². The number of aryl methyl sites for hydroxylation is 1. The highest BCUT2D eigenvalue weighted by molar-refractivity contribution is 7.98. The van der Waals surface area contributed by atoms with Crippen LogP contribution in [0.4, 0.5) is 0 Å². The van der Waals surface area contributed by atoms with Crippen LogP contribution >= 0.6 is 11.8 Å². The maximum Gasteiger partial charge on any atom is 0.251 e. The van der Waals surface area contributed by atoms with Gasteiger partial charge in [-0.3, -0.25) is 9.59 Å². The molecule has 0 aromatic heterocycles. The molecule has 2 aromatic rings. The number of amides is 2. The van der Waals surface area contributed by atoms with Crippen LogP contribution in [-0.2, 0) is 11.3 Å². The van der Waals surface area contributed by atoms with Gasteiger partial charge in [-0.25, -0.2) is 0 Å². The number of carbonyl (C=O) groups excluding carboxylic acids is 2. The molecule has 0 spiro atoms. The van der Waals surface area contributed by atoms with Gasteiger partial charge >= 0.3 is 0 Å². The summed E-state index contributed by atoms with van der Waals surface area (Å²) in [5.41, 5.74) is 2.42. The maximum atomic E-state index is 12.7. The number of benzene rings is 2. The minimum absolute atomic E-state index is 0.213. The number of hydrogen-bond acceptors (Lipinski definition) is 5. The fourth-order valence-electron chi connectivity index (χ4n) is 2.84. The summed E-state index contributed by atoms with van der Waals surface area (Å²) in [5, 5.41) is 5.77. The van der Waals surface area contributed by atoms with Gasteiger partial charge in [0.25, 0.3) is 5.91 Å². The van der Waals surface area contributed by atoms with Gasteiger partial charge in [-0.2, -0.15) is 11.8 Å². The molecule has 0 heterocycles. The Labute approximate surface area is 176 Å². The van der Waals surface area contributed by atoms with Crippen molar-refractivity contribution < 1.29 is 19.1 Å². The topological polar surface area (TPSA) is 76.7 Å². The van der Waals surface area contributed by atoms with Gasteiger partial charge in [-0.1, -0.05) is 23.8 Å². The highest BCUT2D eigenvalue weighted by atomic mass is 32.2. The number of ether oxygens (including phenoxy) is 2. The molecule has 2 rings (SSSR count). The molecular formula is C22H28N2O4S. The minimum atomic E-state index is -0.601. The van der Waals surface area contributed by atoms with Crippen molar-refractivity contribution in [1.82, 2.24) is 10.6 Å². The van der Waals surface area contributed by atoms with E-state index < -0.39 is 6.04 Å². The van der Waals surface area contributed by atoms with Crippen molar-refractivity contribution in [3.05, 3.63) is 59.2 Å². The average molecular weight is 417 g/mol. The summed E-state index contributed by atoms with van der Waals surface area (Å²) in [7, 11) is 3.14. The second-order valence-electron chi connectivity index (χ2n) is 6.58. The molecule has 1 unspecified atom stereocenters. The van der Waals surface area contributed by atoms with Crippen LogP contribution in [0.5, 0.6) is 11.5 Å². The quantitative estimate of drug-likeness (QED) is 0.622. The summed E-state index contributed by atoms with van der Waals surface area (Å²) in [5.74, 6) is 1.54. The van der Waals surface area contributed by atoms with Gasteiger partial charge in [0.15, 0.2) is 11.5 Å². The summed E-state index contributed by atoms with van der Waals surface area (Å²) in [6, 6.07) is 12.2. The summed E-state index contributed by atoms with van der Waals surface area (Å²) in [6.45, 7) is 2.26. The van der Waals surface area contributed by atoms with E-state index in [-0.39, 0.29) is 11.8 Å². The molecule has 29 heavy (non-hydrogen) atoms. The molecule has 0 aliphatic heterocycles. The third-order valence-corrected chi connectivity index (χ3v) is 5.07. The zero-order chi connectivity index (χ0) is 21.2. The van der Waals surface area contributed by atoms with Gasteiger partial charge in [-0.05, 0) is 55.2 Å². The summed E-state index contributed by atoms with van der Waals surface area (Å²) >= 11 is 1.63. The molecule has 1 atom stereocenters. The van der Waals surface area contributed by atoms with Crippen molar-refractivity contribution in [3.63, 3.8) is 0 Å². The number of carbonyl (C=O) groups is 2. The van der Waals surface area contributed by atoms with Crippen LogP contribution in [0.25, 0.3) is 0 Å². The first-order valence-corrected chi connectivity index (χ1v) is 10.7. The van der Waals surface area contributed by atoms with E-state index in [1.54, 1.807) is 38.1 Å². The van der Waals surface area contributed by atoms with E-state index in [1.165, 1.54) is 0 Å². The van der Waals surface area contributed by atoms with Crippen LogP contribution in [0.3, 0.4) is 0 Å².